The normalized spacial score (nSPS) is 13.2. The van der Waals surface area contributed by atoms with Gasteiger partial charge in [-0.15, -0.1) is 0 Å². The summed E-state index contributed by atoms with van der Waals surface area (Å²) in [6, 6.07) is 9.82. The Hall–Kier alpha value is -2.76. The van der Waals surface area contributed by atoms with Crippen LogP contribution in [0.3, 0.4) is 0 Å². The first kappa shape index (κ1) is 19.6. The Balaban J connectivity index is 1.83. The summed E-state index contributed by atoms with van der Waals surface area (Å²) in [5, 5.41) is 0. The number of halogens is 6. The van der Waals surface area contributed by atoms with Gasteiger partial charge in [0.2, 0.25) is 0 Å². The molecule has 0 spiro atoms. The fourth-order valence-electron chi connectivity index (χ4n) is 3.90. The van der Waals surface area contributed by atoms with Gasteiger partial charge in [-0.2, -0.15) is 13.2 Å². The number of rotatable bonds is 2. The van der Waals surface area contributed by atoms with E-state index in [0.717, 1.165) is 29.5 Å². The van der Waals surface area contributed by atoms with Crippen LogP contribution in [-0.2, 0) is 25.4 Å². The van der Waals surface area contributed by atoms with Crippen LogP contribution in [0.1, 0.15) is 29.2 Å². The highest BCUT2D eigenvalue weighted by molar-refractivity contribution is 5.78. The molecule has 0 atom stereocenters. The van der Waals surface area contributed by atoms with E-state index in [-0.39, 0.29) is 11.1 Å². The number of alkyl halides is 3. The van der Waals surface area contributed by atoms with Gasteiger partial charge < -0.3 is 0 Å². The Morgan fingerprint density at radius 1 is 0.724 bits per heavy atom. The van der Waals surface area contributed by atoms with Gasteiger partial charge in [-0.1, -0.05) is 25.1 Å². The maximum Gasteiger partial charge on any atom is 0.422 e. The number of fused-ring (bicyclic) bond motifs is 3. The Bertz CT molecular complexity index is 1090. The van der Waals surface area contributed by atoms with Gasteiger partial charge >= 0.3 is 6.18 Å². The summed E-state index contributed by atoms with van der Waals surface area (Å²) in [6.45, 7) is 2.05. The molecule has 3 aromatic carbocycles. The molecular formula is C23H16F6. The second-order valence-electron chi connectivity index (χ2n) is 7.15. The highest BCUT2D eigenvalue weighted by atomic mass is 19.4. The van der Waals surface area contributed by atoms with Crippen LogP contribution in [0.4, 0.5) is 26.3 Å². The topological polar surface area (TPSA) is 0 Å². The first-order chi connectivity index (χ1) is 13.7. The molecule has 0 heterocycles. The Kier molecular flexibility index (Phi) is 4.68. The number of hydrogen-bond acceptors (Lipinski definition) is 0. The monoisotopic (exact) mass is 406 g/mol. The van der Waals surface area contributed by atoms with Gasteiger partial charge in [0.05, 0.1) is 0 Å². The van der Waals surface area contributed by atoms with Crippen LogP contribution >= 0.6 is 0 Å². The van der Waals surface area contributed by atoms with E-state index in [4.69, 9.17) is 0 Å². The SMILES string of the molecule is CCc1ccc2c(c1)CCc1cc(-c3cc(F)c(C(F)(F)F)c(F)c3)c(F)cc1-2. The van der Waals surface area contributed by atoms with Crippen molar-refractivity contribution in [2.24, 2.45) is 0 Å². The predicted octanol–water partition coefficient (Wildman–Crippen LogP) is 7.12. The van der Waals surface area contributed by atoms with Crippen molar-refractivity contribution in [1.29, 1.82) is 0 Å². The van der Waals surface area contributed by atoms with E-state index < -0.39 is 29.2 Å². The van der Waals surface area contributed by atoms with Crippen molar-refractivity contribution in [3.63, 3.8) is 0 Å². The van der Waals surface area contributed by atoms with E-state index in [2.05, 4.69) is 6.07 Å². The van der Waals surface area contributed by atoms with Crippen molar-refractivity contribution < 1.29 is 26.3 Å². The van der Waals surface area contributed by atoms with E-state index in [1.54, 1.807) is 0 Å². The molecular weight excluding hydrogens is 390 g/mol. The van der Waals surface area contributed by atoms with E-state index in [1.165, 1.54) is 17.7 Å². The number of aryl methyl sites for hydroxylation is 3. The summed E-state index contributed by atoms with van der Waals surface area (Å²) in [4.78, 5) is 0. The summed E-state index contributed by atoms with van der Waals surface area (Å²) in [5.74, 6) is -4.26. The van der Waals surface area contributed by atoms with Crippen LogP contribution in [0, 0.1) is 17.5 Å². The van der Waals surface area contributed by atoms with E-state index in [1.807, 2.05) is 19.1 Å². The van der Waals surface area contributed by atoms with Crippen molar-refractivity contribution in [1.82, 2.24) is 0 Å². The Labute approximate surface area is 163 Å². The first-order valence-electron chi connectivity index (χ1n) is 9.20. The van der Waals surface area contributed by atoms with Crippen molar-refractivity contribution in [3.8, 4) is 22.3 Å². The van der Waals surface area contributed by atoms with Gasteiger partial charge in [0.25, 0.3) is 0 Å². The Morgan fingerprint density at radius 2 is 1.34 bits per heavy atom. The fourth-order valence-corrected chi connectivity index (χ4v) is 3.90. The van der Waals surface area contributed by atoms with Crippen molar-refractivity contribution in [2.45, 2.75) is 32.4 Å². The highest BCUT2D eigenvalue weighted by Crippen LogP contribution is 2.40. The van der Waals surface area contributed by atoms with Gasteiger partial charge in [0.15, 0.2) is 0 Å². The summed E-state index contributed by atoms with van der Waals surface area (Å²) in [6.07, 6.45) is -2.94. The molecule has 0 nitrogen and oxygen atoms in total. The largest absolute Gasteiger partial charge is 0.422 e. The molecule has 6 heteroatoms. The number of hydrogen-bond donors (Lipinski definition) is 0. The predicted molar refractivity (Wildman–Crippen MR) is 99.0 cm³/mol. The molecule has 3 aromatic rings. The van der Waals surface area contributed by atoms with Gasteiger partial charge in [-0.25, -0.2) is 13.2 Å². The lowest BCUT2D eigenvalue weighted by molar-refractivity contribution is -0.142. The third-order valence-electron chi connectivity index (χ3n) is 5.36. The van der Waals surface area contributed by atoms with Crippen molar-refractivity contribution >= 4 is 0 Å². The molecule has 0 N–H and O–H groups in total. The lowest BCUT2D eigenvalue weighted by Crippen LogP contribution is -2.11. The molecule has 0 fully saturated rings. The van der Waals surface area contributed by atoms with Gasteiger partial charge in [0.1, 0.15) is 23.0 Å². The molecule has 150 valence electrons. The standard InChI is InChI=1S/C23H16F6/c1-2-12-3-6-16-13(7-12)4-5-14-8-18(19(24)11-17(14)16)15-9-20(25)22(21(26)10-15)23(27,28)29/h3,6-11H,2,4-5H2,1H3. The molecule has 0 saturated heterocycles. The highest BCUT2D eigenvalue weighted by Gasteiger charge is 2.38. The molecule has 0 aliphatic heterocycles. The molecule has 0 bridgehead atoms. The minimum absolute atomic E-state index is 0.121. The zero-order valence-corrected chi connectivity index (χ0v) is 15.4. The minimum atomic E-state index is -5.16. The van der Waals surface area contributed by atoms with Crippen LogP contribution in [0.15, 0.2) is 42.5 Å². The smallest absolute Gasteiger partial charge is 0.206 e. The average molecular weight is 406 g/mol. The first-order valence-corrected chi connectivity index (χ1v) is 9.20. The molecule has 0 unspecified atom stereocenters. The van der Waals surface area contributed by atoms with Crippen molar-refractivity contribution in [3.05, 3.63) is 82.2 Å². The van der Waals surface area contributed by atoms with Crippen LogP contribution in [0.25, 0.3) is 22.3 Å². The minimum Gasteiger partial charge on any atom is -0.206 e. The van der Waals surface area contributed by atoms with Crippen LogP contribution < -0.4 is 0 Å². The van der Waals surface area contributed by atoms with Crippen LogP contribution in [-0.4, -0.2) is 0 Å². The van der Waals surface area contributed by atoms with Gasteiger partial charge in [0, 0.05) is 5.56 Å². The van der Waals surface area contributed by atoms with E-state index in [9.17, 15) is 26.3 Å². The fraction of sp³-hybridized carbons (Fsp3) is 0.217. The third kappa shape index (κ3) is 3.41. The molecule has 0 radical (unpaired) electrons. The third-order valence-corrected chi connectivity index (χ3v) is 5.36. The maximum atomic E-state index is 14.8. The lowest BCUT2D eigenvalue weighted by atomic mass is 9.83. The van der Waals surface area contributed by atoms with Crippen molar-refractivity contribution in [2.75, 3.05) is 0 Å². The van der Waals surface area contributed by atoms with E-state index >= 15 is 0 Å². The van der Waals surface area contributed by atoms with Gasteiger partial charge in [-0.05, 0) is 76.9 Å². The molecule has 29 heavy (non-hydrogen) atoms. The molecule has 0 amide bonds. The van der Waals surface area contributed by atoms with E-state index in [0.29, 0.717) is 24.1 Å². The lowest BCUT2D eigenvalue weighted by Gasteiger charge is -2.22. The zero-order valence-electron chi connectivity index (χ0n) is 15.4. The van der Waals surface area contributed by atoms with Crippen LogP contribution in [0.2, 0.25) is 0 Å². The zero-order chi connectivity index (χ0) is 20.9. The van der Waals surface area contributed by atoms with Gasteiger partial charge in [-0.3, -0.25) is 0 Å². The second kappa shape index (κ2) is 6.94. The Morgan fingerprint density at radius 3 is 1.93 bits per heavy atom. The van der Waals surface area contributed by atoms with Crippen LogP contribution in [0.5, 0.6) is 0 Å². The summed E-state index contributed by atoms with van der Waals surface area (Å²) < 4.78 is 81.1. The molecule has 4 rings (SSSR count). The average Bonchev–Trinajstić information content (AvgIpc) is 2.65. The summed E-state index contributed by atoms with van der Waals surface area (Å²) >= 11 is 0. The maximum absolute atomic E-state index is 14.8. The summed E-state index contributed by atoms with van der Waals surface area (Å²) in [5.41, 5.74) is 2.32. The molecule has 0 saturated carbocycles. The number of benzene rings is 3. The molecule has 1 aliphatic rings. The summed E-state index contributed by atoms with van der Waals surface area (Å²) in [7, 11) is 0. The molecule has 1 aliphatic carbocycles. The second-order valence-corrected chi connectivity index (χ2v) is 7.15. The molecule has 0 aromatic heterocycles. The quantitative estimate of drug-likeness (QED) is 0.398.